The first-order valence-corrected chi connectivity index (χ1v) is 6.60. The third-order valence-electron chi connectivity index (χ3n) is 4.45. The molecule has 2 nitrogen and oxygen atoms in total. The fourth-order valence-electron chi connectivity index (χ4n) is 2.66. The first-order chi connectivity index (χ1) is 8.25. The van der Waals surface area contributed by atoms with Crippen LogP contribution >= 0.6 is 0 Å². The summed E-state index contributed by atoms with van der Waals surface area (Å²) in [4.78, 5) is 12.4. The molecule has 0 saturated heterocycles. The Morgan fingerprint density at radius 2 is 2.12 bits per heavy atom. The van der Waals surface area contributed by atoms with Gasteiger partial charge in [-0.25, -0.2) is 0 Å². The molecule has 1 aromatic carbocycles. The number of carbonyl (C=O) groups excluding carboxylic acids is 1. The van der Waals surface area contributed by atoms with Gasteiger partial charge in [-0.05, 0) is 43.2 Å². The minimum atomic E-state index is -0.210. The van der Waals surface area contributed by atoms with Crippen molar-refractivity contribution < 1.29 is 4.79 Å². The first kappa shape index (κ1) is 11.0. The Morgan fingerprint density at radius 3 is 2.65 bits per heavy atom. The molecule has 2 fully saturated rings. The van der Waals surface area contributed by atoms with Gasteiger partial charge in [0.05, 0.1) is 0 Å². The third-order valence-corrected chi connectivity index (χ3v) is 4.45. The molecule has 0 amide bonds. The molecule has 0 heterocycles. The molecule has 2 N–H and O–H groups in total. The maximum atomic E-state index is 12.4. The van der Waals surface area contributed by atoms with Crippen molar-refractivity contribution in [3.63, 3.8) is 0 Å². The zero-order valence-electron chi connectivity index (χ0n) is 10.1. The number of nitrogens with two attached hydrogens (primary N) is 1. The maximum absolute atomic E-state index is 12.4. The van der Waals surface area contributed by atoms with Gasteiger partial charge in [0.15, 0.2) is 5.78 Å². The molecular formula is C15H19NO. The molecule has 3 rings (SSSR count). The fourth-order valence-corrected chi connectivity index (χ4v) is 2.66. The lowest BCUT2D eigenvalue weighted by atomic mass is 9.79. The summed E-state index contributed by atoms with van der Waals surface area (Å²) < 4.78 is 0. The zero-order valence-corrected chi connectivity index (χ0v) is 10.1. The van der Waals surface area contributed by atoms with Crippen molar-refractivity contribution >= 4 is 5.78 Å². The van der Waals surface area contributed by atoms with E-state index in [1.165, 1.54) is 24.8 Å². The van der Waals surface area contributed by atoms with Gasteiger partial charge in [0.1, 0.15) is 0 Å². The highest BCUT2D eigenvalue weighted by Gasteiger charge is 2.48. The van der Waals surface area contributed by atoms with Gasteiger partial charge in [0, 0.05) is 17.5 Å². The second-order valence-electron chi connectivity index (χ2n) is 5.57. The van der Waals surface area contributed by atoms with E-state index < -0.39 is 0 Å². The van der Waals surface area contributed by atoms with Crippen molar-refractivity contribution in [2.75, 3.05) is 6.54 Å². The first-order valence-electron chi connectivity index (χ1n) is 6.60. The zero-order chi connectivity index (χ0) is 11.9. The van der Waals surface area contributed by atoms with Gasteiger partial charge in [-0.1, -0.05) is 24.6 Å². The van der Waals surface area contributed by atoms with Crippen molar-refractivity contribution in [3.05, 3.63) is 35.4 Å². The largest absolute Gasteiger partial charge is 0.329 e. The Kier molecular flexibility index (Phi) is 2.55. The monoisotopic (exact) mass is 229 g/mol. The van der Waals surface area contributed by atoms with Crippen LogP contribution in [0.5, 0.6) is 0 Å². The van der Waals surface area contributed by atoms with Crippen LogP contribution in [0.3, 0.4) is 0 Å². The summed E-state index contributed by atoms with van der Waals surface area (Å²) >= 11 is 0. The van der Waals surface area contributed by atoms with Gasteiger partial charge < -0.3 is 5.73 Å². The summed E-state index contributed by atoms with van der Waals surface area (Å²) in [6, 6.07) is 8.22. The van der Waals surface area contributed by atoms with Crippen molar-refractivity contribution in [2.45, 2.75) is 38.0 Å². The normalized spacial score (nSPS) is 21.9. The minimum Gasteiger partial charge on any atom is -0.329 e. The van der Waals surface area contributed by atoms with E-state index in [-0.39, 0.29) is 11.2 Å². The number of Topliss-reactive ketones (excluding diaryl/α,β-unsaturated/α-hetero) is 1. The van der Waals surface area contributed by atoms with E-state index in [0.29, 0.717) is 12.5 Å². The Labute approximate surface area is 102 Å². The number of rotatable bonds is 4. The molecule has 2 aliphatic carbocycles. The Balaban J connectivity index is 1.85. The van der Waals surface area contributed by atoms with Gasteiger partial charge in [0.2, 0.25) is 0 Å². The van der Waals surface area contributed by atoms with Gasteiger partial charge in [-0.2, -0.15) is 0 Å². The van der Waals surface area contributed by atoms with Gasteiger partial charge in [0.25, 0.3) is 0 Å². The summed E-state index contributed by atoms with van der Waals surface area (Å²) in [7, 11) is 0. The summed E-state index contributed by atoms with van der Waals surface area (Å²) in [5.74, 6) is 0.956. The van der Waals surface area contributed by atoms with E-state index >= 15 is 0 Å². The predicted octanol–water partition coefficient (Wildman–Crippen LogP) is 2.88. The Bertz CT molecular complexity index is 444. The number of hydrogen-bond donors (Lipinski definition) is 1. The number of benzene rings is 1. The standard InChI is InChI=1S/C15H19NO/c16-10-15(7-8-15)14(17)13-6-2-5-12(9-13)11-3-1-4-11/h2,5-6,9,11H,1,3-4,7-8,10,16H2. The average molecular weight is 229 g/mol. The van der Waals surface area contributed by atoms with Gasteiger partial charge in [-0.3, -0.25) is 4.79 Å². The molecule has 17 heavy (non-hydrogen) atoms. The van der Waals surface area contributed by atoms with Crippen LogP contribution in [0.2, 0.25) is 0 Å². The van der Waals surface area contributed by atoms with E-state index in [4.69, 9.17) is 5.73 Å². The van der Waals surface area contributed by atoms with Crippen LogP contribution in [0.25, 0.3) is 0 Å². The van der Waals surface area contributed by atoms with Crippen molar-refractivity contribution in [1.29, 1.82) is 0 Å². The number of hydrogen-bond acceptors (Lipinski definition) is 2. The highest BCUT2D eigenvalue weighted by atomic mass is 16.1. The molecule has 0 atom stereocenters. The molecular weight excluding hydrogens is 210 g/mol. The van der Waals surface area contributed by atoms with E-state index in [1.54, 1.807) is 0 Å². The quantitative estimate of drug-likeness (QED) is 0.807. The molecule has 2 aliphatic rings. The molecule has 1 aromatic rings. The molecule has 0 bridgehead atoms. The SMILES string of the molecule is NCC1(C(=O)c2cccc(C3CCC3)c2)CC1. The van der Waals surface area contributed by atoms with Crippen LogP contribution in [0, 0.1) is 5.41 Å². The maximum Gasteiger partial charge on any atom is 0.170 e. The molecule has 0 spiro atoms. The lowest BCUT2D eigenvalue weighted by Crippen LogP contribution is -2.25. The second kappa shape index (κ2) is 3.95. The van der Waals surface area contributed by atoms with E-state index in [9.17, 15) is 4.79 Å². The topological polar surface area (TPSA) is 43.1 Å². The lowest BCUT2D eigenvalue weighted by molar-refractivity contribution is 0.0905. The van der Waals surface area contributed by atoms with Crippen molar-refractivity contribution in [1.82, 2.24) is 0 Å². The molecule has 90 valence electrons. The predicted molar refractivity (Wildman–Crippen MR) is 68.1 cm³/mol. The van der Waals surface area contributed by atoms with Crippen LogP contribution in [0.15, 0.2) is 24.3 Å². The van der Waals surface area contributed by atoms with Crippen LogP contribution in [-0.4, -0.2) is 12.3 Å². The van der Waals surface area contributed by atoms with Crippen LogP contribution in [0.4, 0.5) is 0 Å². The third kappa shape index (κ3) is 1.81. The average Bonchev–Trinajstić information content (AvgIpc) is 3.07. The lowest BCUT2D eigenvalue weighted by Gasteiger charge is -2.26. The summed E-state index contributed by atoms with van der Waals surface area (Å²) in [6.45, 7) is 0.499. The van der Waals surface area contributed by atoms with Gasteiger partial charge >= 0.3 is 0 Å². The molecule has 0 unspecified atom stereocenters. The molecule has 0 radical (unpaired) electrons. The van der Waals surface area contributed by atoms with E-state index in [2.05, 4.69) is 12.1 Å². The molecule has 0 aliphatic heterocycles. The Morgan fingerprint density at radius 1 is 1.35 bits per heavy atom. The van der Waals surface area contributed by atoms with E-state index in [1.807, 2.05) is 12.1 Å². The molecule has 2 saturated carbocycles. The molecule has 0 aromatic heterocycles. The smallest absolute Gasteiger partial charge is 0.170 e. The summed E-state index contributed by atoms with van der Waals surface area (Å²) in [5, 5.41) is 0. The van der Waals surface area contributed by atoms with Crippen molar-refractivity contribution in [3.8, 4) is 0 Å². The number of ketones is 1. The van der Waals surface area contributed by atoms with Crippen LogP contribution in [0.1, 0.15) is 53.9 Å². The van der Waals surface area contributed by atoms with Crippen LogP contribution < -0.4 is 5.73 Å². The fraction of sp³-hybridized carbons (Fsp3) is 0.533. The van der Waals surface area contributed by atoms with Gasteiger partial charge in [-0.15, -0.1) is 0 Å². The number of carbonyl (C=O) groups is 1. The summed E-state index contributed by atoms with van der Waals surface area (Å²) in [6.07, 6.45) is 5.82. The minimum absolute atomic E-state index is 0.210. The second-order valence-corrected chi connectivity index (χ2v) is 5.57. The highest BCUT2D eigenvalue weighted by Crippen LogP contribution is 2.47. The van der Waals surface area contributed by atoms with Crippen molar-refractivity contribution in [2.24, 2.45) is 11.1 Å². The van der Waals surface area contributed by atoms with E-state index in [0.717, 1.165) is 18.4 Å². The Hall–Kier alpha value is -1.15. The molecule has 2 heteroatoms. The van der Waals surface area contributed by atoms with Crippen LogP contribution in [-0.2, 0) is 0 Å². The highest BCUT2D eigenvalue weighted by molar-refractivity contribution is 6.02. The summed E-state index contributed by atoms with van der Waals surface area (Å²) in [5.41, 5.74) is 7.73.